The molecule has 1 aliphatic heterocycles. The Morgan fingerprint density at radius 3 is 2.95 bits per heavy atom. The Balaban J connectivity index is 1.74. The van der Waals surface area contributed by atoms with Gasteiger partial charge in [0.15, 0.2) is 12.0 Å². The summed E-state index contributed by atoms with van der Waals surface area (Å²) < 4.78 is 10.8. The number of hydrogen-bond acceptors (Lipinski definition) is 5. The molecule has 98 valence electrons. The molecule has 7 heteroatoms. The van der Waals surface area contributed by atoms with Crippen LogP contribution in [0.1, 0.15) is 22.3 Å². The summed E-state index contributed by atoms with van der Waals surface area (Å²) >= 11 is 0. The van der Waals surface area contributed by atoms with Crippen LogP contribution in [0.3, 0.4) is 0 Å². The van der Waals surface area contributed by atoms with Crippen molar-refractivity contribution in [3.05, 3.63) is 41.7 Å². The van der Waals surface area contributed by atoms with Crippen LogP contribution in [-0.4, -0.2) is 34.5 Å². The first-order valence-electron chi connectivity index (χ1n) is 5.83. The molecule has 1 fully saturated rings. The van der Waals surface area contributed by atoms with Crippen molar-refractivity contribution >= 4 is 11.6 Å². The van der Waals surface area contributed by atoms with Gasteiger partial charge in [-0.25, -0.2) is 0 Å². The maximum atomic E-state index is 11.8. The zero-order valence-corrected chi connectivity index (χ0v) is 10.00. The number of nitrogens with one attached hydrogen (secondary N) is 2. The number of H-pyrrole nitrogens is 1. The van der Waals surface area contributed by atoms with Crippen LogP contribution < -0.4 is 5.32 Å². The van der Waals surface area contributed by atoms with E-state index in [0.29, 0.717) is 18.9 Å². The molecule has 2 aromatic rings. The smallest absolute Gasteiger partial charge is 0.277 e. The fourth-order valence-electron chi connectivity index (χ4n) is 1.82. The van der Waals surface area contributed by atoms with E-state index in [1.54, 1.807) is 6.07 Å². The average molecular weight is 260 g/mol. The molecule has 0 spiro atoms. The molecule has 0 aliphatic carbocycles. The summed E-state index contributed by atoms with van der Waals surface area (Å²) in [5.41, 5.74) is 1.76. The Morgan fingerprint density at radius 2 is 2.21 bits per heavy atom. The Morgan fingerprint density at radius 1 is 1.37 bits per heavy atom. The number of carbonyl (C=O) groups excluding carboxylic acids is 1. The van der Waals surface area contributed by atoms with Gasteiger partial charge in [0, 0.05) is 11.3 Å². The zero-order chi connectivity index (χ0) is 13.1. The van der Waals surface area contributed by atoms with Crippen molar-refractivity contribution in [1.82, 2.24) is 15.4 Å². The zero-order valence-electron chi connectivity index (χ0n) is 10.00. The average Bonchev–Trinajstić information content (AvgIpc) is 3.13. The van der Waals surface area contributed by atoms with Crippen LogP contribution in [0.15, 0.2) is 30.5 Å². The summed E-state index contributed by atoms with van der Waals surface area (Å²) in [6.07, 6.45) is 1.01. The van der Waals surface area contributed by atoms with Gasteiger partial charge >= 0.3 is 0 Å². The van der Waals surface area contributed by atoms with E-state index in [1.165, 1.54) is 6.20 Å². The molecule has 0 radical (unpaired) electrons. The second-order valence-corrected chi connectivity index (χ2v) is 4.01. The highest BCUT2D eigenvalue weighted by atomic mass is 16.7. The third-order valence-corrected chi connectivity index (χ3v) is 2.69. The van der Waals surface area contributed by atoms with E-state index < -0.39 is 0 Å². The summed E-state index contributed by atoms with van der Waals surface area (Å²) in [6, 6.07) is 7.32. The van der Waals surface area contributed by atoms with Crippen molar-refractivity contribution in [2.24, 2.45) is 0 Å². The lowest BCUT2D eigenvalue weighted by molar-refractivity contribution is -0.0440. The van der Waals surface area contributed by atoms with E-state index in [1.807, 2.05) is 18.2 Å². The van der Waals surface area contributed by atoms with Gasteiger partial charge in [0.25, 0.3) is 5.91 Å². The molecule has 0 bridgehead atoms. The standard InChI is InChI=1S/C12H12N4O3/c17-11(10-7-13-16-15-10)14-9-3-1-2-8(6-9)12-18-4-5-19-12/h1-3,6-7,12H,4-5H2,(H,14,17)(H,13,15,16). The van der Waals surface area contributed by atoms with Gasteiger partial charge in [-0.3, -0.25) is 4.79 Å². The van der Waals surface area contributed by atoms with E-state index in [2.05, 4.69) is 20.7 Å². The van der Waals surface area contributed by atoms with E-state index in [4.69, 9.17) is 9.47 Å². The molecular formula is C12H12N4O3. The second-order valence-electron chi connectivity index (χ2n) is 4.01. The van der Waals surface area contributed by atoms with Crippen LogP contribution in [0.4, 0.5) is 5.69 Å². The molecule has 7 nitrogen and oxygen atoms in total. The van der Waals surface area contributed by atoms with Gasteiger partial charge in [-0.2, -0.15) is 15.4 Å². The predicted octanol–water partition coefficient (Wildman–Crippen LogP) is 1.10. The van der Waals surface area contributed by atoms with E-state index in [9.17, 15) is 4.79 Å². The van der Waals surface area contributed by atoms with Crippen LogP contribution in [0.2, 0.25) is 0 Å². The number of anilines is 1. The van der Waals surface area contributed by atoms with Gasteiger partial charge in [-0.05, 0) is 12.1 Å². The number of hydrogen-bond donors (Lipinski definition) is 2. The van der Waals surface area contributed by atoms with Crippen molar-refractivity contribution in [1.29, 1.82) is 0 Å². The first-order chi connectivity index (χ1) is 9.33. The van der Waals surface area contributed by atoms with Crippen LogP contribution in [0.5, 0.6) is 0 Å². The highest BCUT2D eigenvalue weighted by Gasteiger charge is 2.18. The molecule has 3 rings (SSSR count). The molecule has 2 N–H and O–H groups in total. The van der Waals surface area contributed by atoms with Crippen LogP contribution in [0, 0.1) is 0 Å². The highest BCUT2D eigenvalue weighted by molar-refractivity contribution is 6.02. The van der Waals surface area contributed by atoms with Crippen molar-refractivity contribution in [3.63, 3.8) is 0 Å². The Kier molecular flexibility index (Phi) is 3.21. The summed E-state index contributed by atoms with van der Waals surface area (Å²) in [4.78, 5) is 11.8. The second kappa shape index (κ2) is 5.17. The van der Waals surface area contributed by atoms with Gasteiger partial charge in [-0.1, -0.05) is 12.1 Å². The molecule has 1 saturated heterocycles. The Bertz CT molecular complexity index is 564. The molecular weight excluding hydrogens is 248 g/mol. The van der Waals surface area contributed by atoms with Crippen LogP contribution >= 0.6 is 0 Å². The largest absolute Gasteiger partial charge is 0.346 e. The fourth-order valence-corrected chi connectivity index (χ4v) is 1.82. The maximum absolute atomic E-state index is 11.8. The topological polar surface area (TPSA) is 89.1 Å². The Labute approximate surface area is 108 Å². The van der Waals surface area contributed by atoms with Gasteiger partial charge in [0.2, 0.25) is 0 Å². The lowest BCUT2D eigenvalue weighted by Gasteiger charge is -2.11. The van der Waals surface area contributed by atoms with E-state index >= 15 is 0 Å². The molecule has 1 amide bonds. The van der Waals surface area contributed by atoms with E-state index in [0.717, 1.165) is 5.56 Å². The monoisotopic (exact) mass is 260 g/mol. The maximum Gasteiger partial charge on any atom is 0.277 e. The van der Waals surface area contributed by atoms with Crippen molar-refractivity contribution in [2.75, 3.05) is 18.5 Å². The summed E-state index contributed by atoms with van der Waals surface area (Å²) in [5, 5.41) is 12.4. The van der Waals surface area contributed by atoms with Crippen LogP contribution in [-0.2, 0) is 9.47 Å². The molecule has 0 unspecified atom stereocenters. The lowest BCUT2D eigenvalue weighted by atomic mass is 10.2. The predicted molar refractivity (Wildman–Crippen MR) is 65.4 cm³/mol. The quantitative estimate of drug-likeness (QED) is 0.862. The summed E-state index contributed by atoms with van der Waals surface area (Å²) in [6.45, 7) is 1.17. The normalized spacial score (nSPS) is 15.6. The number of carbonyl (C=O) groups is 1. The minimum atomic E-state index is -0.357. The molecule has 19 heavy (non-hydrogen) atoms. The molecule has 2 heterocycles. The first kappa shape index (κ1) is 11.8. The number of amides is 1. The SMILES string of the molecule is O=C(Nc1cccc(C2OCCO2)c1)c1cn[nH]n1. The third-order valence-electron chi connectivity index (χ3n) is 2.69. The minimum Gasteiger partial charge on any atom is -0.346 e. The Hall–Kier alpha value is -2.25. The van der Waals surface area contributed by atoms with Gasteiger partial charge in [0.1, 0.15) is 0 Å². The van der Waals surface area contributed by atoms with Crippen molar-refractivity contribution < 1.29 is 14.3 Å². The minimum absolute atomic E-state index is 0.235. The number of ether oxygens (including phenoxy) is 2. The molecule has 0 atom stereocenters. The number of aromatic nitrogens is 3. The van der Waals surface area contributed by atoms with Gasteiger partial charge < -0.3 is 14.8 Å². The van der Waals surface area contributed by atoms with Crippen LogP contribution in [0.25, 0.3) is 0 Å². The van der Waals surface area contributed by atoms with E-state index in [-0.39, 0.29) is 17.9 Å². The third kappa shape index (κ3) is 2.61. The molecule has 1 aromatic heterocycles. The first-order valence-corrected chi connectivity index (χ1v) is 5.83. The van der Waals surface area contributed by atoms with Crippen molar-refractivity contribution in [3.8, 4) is 0 Å². The lowest BCUT2D eigenvalue weighted by Crippen LogP contribution is -2.12. The highest BCUT2D eigenvalue weighted by Crippen LogP contribution is 2.25. The number of benzene rings is 1. The fraction of sp³-hybridized carbons (Fsp3) is 0.250. The number of rotatable bonds is 3. The van der Waals surface area contributed by atoms with Gasteiger partial charge in [0.05, 0.1) is 19.4 Å². The van der Waals surface area contributed by atoms with Gasteiger partial charge in [-0.15, -0.1) is 0 Å². The molecule has 1 aromatic carbocycles. The molecule has 0 saturated carbocycles. The van der Waals surface area contributed by atoms with Crippen molar-refractivity contribution in [2.45, 2.75) is 6.29 Å². The summed E-state index contributed by atoms with van der Waals surface area (Å²) in [7, 11) is 0. The number of nitrogens with zero attached hydrogens (tertiary/aromatic N) is 2. The summed E-state index contributed by atoms with van der Waals surface area (Å²) in [5.74, 6) is -0.320. The molecule has 1 aliphatic rings. The number of aromatic amines is 1.